The second kappa shape index (κ2) is 5.87. The van der Waals surface area contributed by atoms with Crippen LogP contribution in [0.4, 0.5) is 11.4 Å². The number of nitrogens with one attached hydrogen (secondary N) is 1. The van der Waals surface area contributed by atoms with E-state index in [1.807, 2.05) is 6.92 Å². The molecule has 1 aliphatic heterocycles. The Hall–Kier alpha value is -2.15. The molecular formula is C13H17N3O4. The molecule has 0 bridgehead atoms. The number of ether oxygens (including phenoxy) is 1. The van der Waals surface area contributed by atoms with Crippen LogP contribution < -0.4 is 11.1 Å². The summed E-state index contributed by atoms with van der Waals surface area (Å²) in [4.78, 5) is 21.7. The number of nitrogens with two attached hydrogens (primary N) is 1. The summed E-state index contributed by atoms with van der Waals surface area (Å²) in [5.74, 6) is -0.618. The van der Waals surface area contributed by atoms with Crippen LogP contribution >= 0.6 is 0 Å². The lowest BCUT2D eigenvalue weighted by Crippen LogP contribution is -2.30. The van der Waals surface area contributed by atoms with Gasteiger partial charge in [0, 0.05) is 24.3 Å². The van der Waals surface area contributed by atoms with Crippen LogP contribution in [0, 0.1) is 10.1 Å². The van der Waals surface area contributed by atoms with Gasteiger partial charge in [-0.25, -0.2) is 0 Å². The normalized spacial score (nSPS) is 19.6. The molecule has 0 saturated carbocycles. The van der Waals surface area contributed by atoms with Gasteiger partial charge in [-0.1, -0.05) is 0 Å². The topological polar surface area (TPSA) is 107 Å². The van der Waals surface area contributed by atoms with Crippen molar-refractivity contribution in [3.05, 3.63) is 33.9 Å². The number of nitro groups is 1. The zero-order valence-electron chi connectivity index (χ0n) is 11.2. The Bertz CT molecular complexity index is 526. The van der Waals surface area contributed by atoms with Crippen LogP contribution in [0.1, 0.15) is 30.1 Å². The van der Waals surface area contributed by atoms with Gasteiger partial charge in [-0.15, -0.1) is 0 Å². The fourth-order valence-electron chi connectivity index (χ4n) is 2.30. The first-order valence-electron chi connectivity index (χ1n) is 6.45. The smallest absolute Gasteiger partial charge is 0.292 e. The molecule has 0 aliphatic carbocycles. The van der Waals surface area contributed by atoms with Crippen molar-refractivity contribution >= 4 is 17.3 Å². The van der Waals surface area contributed by atoms with Gasteiger partial charge in [0.15, 0.2) is 0 Å². The number of benzene rings is 1. The minimum atomic E-state index is -0.618. The number of primary amides is 1. The lowest BCUT2D eigenvalue weighted by atomic mass is 10.1. The molecule has 1 aromatic rings. The van der Waals surface area contributed by atoms with Crippen molar-refractivity contribution in [1.29, 1.82) is 0 Å². The fourth-order valence-corrected chi connectivity index (χ4v) is 2.30. The molecule has 1 amide bonds. The molecule has 3 N–H and O–H groups in total. The lowest BCUT2D eigenvalue weighted by molar-refractivity contribution is -0.384. The predicted molar refractivity (Wildman–Crippen MR) is 73.7 cm³/mol. The third kappa shape index (κ3) is 3.05. The molecule has 7 nitrogen and oxygen atoms in total. The van der Waals surface area contributed by atoms with Gasteiger partial charge < -0.3 is 15.8 Å². The van der Waals surface area contributed by atoms with E-state index in [1.165, 1.54) is 18.2 Å². The van der Waals surface area contributed by atoms with Gasteiger partial charge >= 0.3 is 0 Å². The highest BCUT2D eigenvalue weighted by molar-refractivity contribution is 5.94. The zero-order valence-corrected chi connectivity index (χ0v) is 11.2. The van der Waals surface area contributed by atoms with E-state index in [4.69, 9.17) is 10.5 Å². The summed E-state index contributed by atoms with van der Waals surface area (Å²) in [5.41, 5.74) is 5.64. The fraction of sp³-hybridized carbons (Fsp3) is 0.462. The third-order valence-electron chi connectivity index (χ3n) is 3.38. The van der Waals surface area contributed by atoms with E-state index in [-0.39, 0.29) is 29.1 Å². The minimum absolute atomic E-state index is 0.0202. The summed E-state index contributed by atoms with van der Waals surface area (Å²) in [6.45, 7) is 2.61. The van der Waals surface area contributed by atoms with Crippen LogP contribution in [0.2, 0.25) is 0 Å². The molecule has 1 fully saturated rings. The van der Waals surface area contributed by atoms with E-state index in [0.29, 0.717) is 6.61 Å². The Morgan fingerprint density at radius 2 is 2.35 bits per heavy atom. The van der Waals surface area contributed by atoms with Gasteiger partial charge in [0.2, 0.25) is 5.91 Å². The van der Waals surface area contributed by atoms with Crippen LogP contribution in [0.15, 0.2) is 18.2 Å². The zero-order chi connectivity index (χ0) is 14.7. The molecule has 7 heteroatoms. The van der Waals surface area contributed by atoms with Crippen molar-refractivity contribution < 1.29 is 14.5 Å². The second-order valence-corrected chi connectivity index (χ2v) is 4.84. The van der Waals surface area contributed by atoms with Gasteiger partial charge in [0.25, 0.3) is 5.69 Å². The van der Waals surface area contributed by atoms with Crippen molar-refractivity contribution in [2.24, 2.45) is 5.73 Å². The Morgan fingerprint density at radius 3 is 2.90 bits per heavy atom. The van der Waals surface area contributed by atoms with Crippen LogP contribution in [-0.4, -0.2) is 29.6 Å². The summed E-state index contributed by atoms with van der Waals surface area (Å²) in [6.07, 6.45) is 1.92. The molecule has 2 unspecified atom stereocenters. The summed E-state index contributed by atoms with van der Waals surface area (Å²) < 4.78 is 5.54. The van der Waals surface area contributed by atoms with E-state index in [1.54, 1.807) is 0 Å². The number of hydrogen-bond donors (Lipinski definition) is 2. The minimum Gasteiger partial charge on any atom is -0.376 e. The number of carbonyl (C=O) groups excluding carboxylic acids is 1. The molecular weight excluding hydrogens is 262 g/mol. The maximum Gasteiger partial charge on any atom is 0.292 e. The number of anilines is 1. The highest BCUT2D eigenvalue weighted by Crippen LogP contribution is 2.28. The average molecular weight is 279 g/mol. The Morgan fingerprint density at radius 1 is 1.60 bits per heavy atom. The van der Waals surface area contributed by atoms with E-state index < -0.39 is 10.8 Å². The van der Waals surface area contributed by atoms with Crippen LogP contribution in [-0.2, 0) is 4.74 Å². The summed E-state index contributed by atoms with van der Waals surface area (Å²) in [7, 11) is 0. The first-order chi connectivity index (χ1) is 9.49. The first kappa shape index (κ1) is 14.3. The van der Waals surface area contributed by atoms with E-state index in [9.17, 15) is 14.9 Å². The molecule has 1 saturated heterocycles. The highest BCUT2D eigenvalue weighted by atomic mass is 16.6. The predicted octanol–water partition coefficient (Wildman–Crippen LogP) is 1.67. The van der Waals surface area contributed by atoms with E-state index >= 15 is 0 Å². The SMILES string of the molecule is CC(Nc1cc(C(N)=O)ccc1[N+](=O)[O-])C1CCCO1. The van der Waals surface area contributed by atoms with Gasteiger partial charge in [-0.3, -0.25) is 14.9 Å². The average Bonchev–Trinajstić information content (AvgIpc) is 2.92. The lowest BCUT2D eigenvalue weighted by Gasteiger charge is -2.21. The molecule has 20 heavy (non-hydrogen) atoms. The van der Waals surface area contributed by atoms with Gasteiger partial charge in [0.05, 0.1) is 11.0 Å². The summed E-state index contributed by atoms with van der Waals surface area (Å²) in [6, 6.07) is 3.96. The maximum atomic E-state index is 11.2. The number of carbonyl (C=O) groups is 1. The van der Waals surface area contributed by atoms with Crippen molar-refractivity contribution in [3.63, 3.8) is 0 Å². The number of nitrogens with zero attached hydrogens (tertiary/aromatic N) is 1. The summed E-state index contributed by atoms with van der Waals surface area (Å²) >= 11 is 0. The second-order valence-electron chi connectivity index (χ2n) is 4.84. The third-order valence-corrected chi connectivity index (χ3v) is 3.38. The summed E-state index contributed by atoms with van der Waals surface area (Å²) in [5, 5.41) is 14.1. The molecule has 108 valence electrons. The van der Waals surface area contributed by atoms with E-state index in [2.05, 4.69) is 5.32 Å². The Balaban J connectivity index is 2.24. The van der Waals surface area contributed by atoms with Crippen molar-refractivity contribution in [1.82, 2.24) is 0 Å². The number of nitro benzene ring substituents is 1. The van der Waals surface area contributed by atoms with Crippen LogP contribution in [0.3, 0.4) is 0 Å². The molecule has 1 heterocycles. The molecule has 0 radical (unpaired) electrons. The van der Waals surface area contributed by atoms with E-state index in [0.717, 1.165) is 12.8 Å². The van der Waals surface area contributed by atoms with Gasteiger partial charge in [0.1, 0.15) is 5.69 Å². The van der Waals surface area contributed by atoms with Crippen LogP contribution in [0.25, 0.3) is 0 Å². The Kier molecular flexibility index (Phi) is 4.19. The standard InChI is InChI=1S/C13H17N3O4/c1-8(12-3-2-6-20-12)15-10-7-9(13(14)17)4-5-11(10)16(18)19/h4-5,7-8,12,15H,2-3,6H2,1H3,(H2,14,17). The van der Waals surface area contributed by atoms with Crippen LogP contribution in [0.5, 0.6) is 0 Å². The number of hydrogen-bond acceptors (Lipinski definition) is 5. The molecule has 0 aromatic heterocycles. The largest absolute Gasteiger partial charge is 0.376 e. The maximum absolute atomic E-state index is 11.2. The molecule has 2 atom stereocenters. The quantitative estimate of drug-likeness (QED) is 0.629. The highest BCUT2D eigenvalue weighted by Gasteiger charge is 2.25. The van der Waals surface area contributed by atoms with Crippen molar-refractivity contribution in [2.75, 3.05) is 11.9 Å². The van der Waals surface area contributed by atoms with Crippen molar-refractivity contribution in [2.45, 2.75) is 31.9 Å². The number of amides is 1. The van der Waals surface area contributed by atoms with Gasteiger partial charge in [-0.05, 0) is 31.9 Å². The monoisotopic (exact) mass is 279 g/mol. The first-order valence-corrected chi connectivity index (χ1v) is 6.45. The Labute approximate surface area is 116 Å². The molecule has 1 aliphatic rings. The number of rotatable bonds is 5. The molecule has 2 rings (SSSR count). The molecule has 0 spiro atoms. The van der Waals surface area contributed by atoms with Gasteiger partial charge in [-0.2, -0.15) is 0 Å². The molecule has 1 aromatic carbocycles. The van der Waals surface area contributed by atoms with Crippen molar-refractivity contribution in [3.8, 4) is 0 Å².